The number of benzene rings is 2. The van der Waals surface area contributed by atoms with Gasteiger partial charge in [-0.05, 0) is 41.6 Å². The number of nitrogens with one attached hydrogen (secondary N) is 3. The maximum atomic E-state index is 12.9. The lowest BCUT2D eigenvalue weighted by Gasteiger charge is -2.19. The standard InChI is InChI=1S/C25H25Cl2N7O6S2.2C2H6.CH4/c1-14(29-20(36)11-28-25(40)41-13-15-6-3-2-4-7-15)23(39)30-18(10-21(37)38)19(35)12-34-32-24(31-33-34)42-22-16(26)8-5-9-17(22)27;2*1-2;/h2-9,14,18H,10-13H2,1H3,(H,28,40)(H,29,36)(H,30,39)(H,37,38);2*1-2H3;1H4. The minimum atomic E-state index is -1.44. The zero-order valence-corrected chi connectivity index (χ0v) is 29.1. The van der Waals surface area contributed by atoms with Gasteiger partial charge in [-0.15, -0.1) is 10.2 Å². The summed E-state index contributed by atoms with van der Waals surface area (Å²) in [5.41, 5.74) is 0.943. The van der Waals surface area contributed by atoms with Gasteiger partial charge in [0.15, 0.2) is 5.78 Å². The van der Waals surface area contributed by atoms with Crippen molar-refractivity contribution in [3.8, 4) is 0 Å². The number of ketones is 1. The van der Waals surface area contributed by atoms with Crippen molar-refractivity contribution in [2.24, 2.45) is 0 Å². The zero-order chi connectivity index (χ0) is 34.6. The van der Waals surface area contributed by atoms with E-state index in [1.54, 1.807) is 18.2 Å². The average molecular weight is 731 g/mol. The molecule has 3 rings (SSSR count). The van der Waals surface area contributed by atoms with Crippen molar-refractivity contribution >= 4 is 75.5 Å². The summed E-state index contributed by atoms with van der Waals surface area (Å²) >= 11 is 14.3. The molecule has 0 saturated heterocycles. The van der Waals surface area contributed by atoms with Crippen LogP contribution in [0, 0.1) is 0 Å². The van der Waals surface area contributed by atoms with Crippen molar-refractivity contribution in [3.05, 3.63) is 64.1 Å². The smallest absolute Gasteiger partial charge is 0.305 e. The zero-order valence-electron chi connectivity index (χ0n) is 26.0. The summed E-state index contributed by atoms with van der Waals surface area (Å²) in [4.78, 5) is 62.5. The third kappa shape index (κ3) is 16.1. The van der Waals surface area contributed by atoms with Gasteiger partial charge < -0.3 is 21.1 Å². The molecule has 1 aromatic heterocycles. The van der Waals surface area contributed by atoms with Crippen LogP contribution in [0.3, 0.4) is 0 Å². The molecule has 0 aliphatic heterocycles. The Kier molecular flexibility index (Phi) is 21.8. The normalized spacial score (nSPS) is 11.1. The number of aliphatic carboxylic acids is 1. The molecule has 0 bridgehead atoms. The van der Waals surface area contributed by atoms with Gasteiger partial charge in [0.05, 0.1) is 27.9 Å². The number of thioether (sulfide) groups is 1. The Balaban J connectivity index is 0.00000407. The first-order chi connectivity index (χ1) is 22.0. The van der Waals surface area contributed by atoms with Gasteiger partial charge in [-0.1, -0.05) is 106 Å². The molecule has 13 nitrogen and oxygen atoms in total. The molecule has 0 aliphatic rings. The minimum Gasteiger partial charge on any atom is -0.481 e. The first-order valence-corrected chi connectivity index (χ1v) is 16.8. The number of carboxylic acids is 1. The van der Waals surface area contributed by atoms with Gasteiger partial charge in [-0.25, -0.2) is 0 Å². The number of carbonyl (C=O) groups is 5. The van der Waals surface area contributed by atoms with Gasteiger partial charge in [0.1, 0.15) is 18.6 Å². The van der Waals surface area contributed by atoms with E-state index in [1.165, 1.54) is 6.92 Å². The molecule has 0 saturated carbocycles. The number of Topliss-reactive ketones (excluding diaryl/α,β-unsaturated/α-hetero) is 1. The molecular weight excluding hydrogens is 689 g/mol. The minimum absolute atomic E-state index is 0. The van der Waals surface area contributed by atoms with Crippen molar-refractivity contribution in [2.75, 3.05) is 6.54 Å². The van der Waals surface area contributed by atoms with Crippen molar-refractivity contribution in [2.45, 2.75) is 82.9 Å². The number of hydrogen-bond acceptors (Lipinski definition) is 10. The molecule has 1 heterocycles. The second-order valence-corrected chi connectivity index (χ2v) is 11.3. The summed E-state index contributed by atoms with van der Waals surface area (Å²) < 4.78 is 0. The number of aromatic nitrogens is 4. The van der Waals surface area contributed by atoms with E-state index in [1.807, 2.05) is 58.0 Å². The van der Waals surface area contributed by atoms with Crippen LogP contribution in [0.25, 0.3) is 0 Å². The van der Waals surface area contributed by atoms with Crippen molar-refractivity contribution in [3.63, 3.8) is 0 Å². The van der Waals surface area contributed by atoms with E-state index in [2.05, 4.69) is 31.4 Å². The Morgan fingerprint density at radius 1 is 0.936 bits per heavy atom. The van der Waals surface area contributed by atoms with Gasteiger partial charge >= 0.3 is 5.97 Å². The number of amides is 3. The Labute approximate surface area is 293 Å². The molecule has 0 spiro atoms. The lowest BCUT2D eigenvalue weighted by atomic mass is 10.1. The molecule has 258 valence electrons. The Bertz CT molecular complexity index is 1430. The van der Waals surface area contributed by atoms with Gasteiger partial charge in [0.2, 0.25) is 17.0 Å². The maximum absolute atomic E-state index is 12.9. The third-order valence-electron chi connectivity index (χ3n) is 5.30. The van der Waals surface area contributed by atoms with Gasteiger partial charge in [-0.2, -0.15) is 4.80 Å². The number of tetrazole rings is 1. The largest absolute Gasteiger partial charge is 0.481 e. The molecule has 0 radical (unpaired) electrons. The van der Waals surface area contributed by atoms with Crippen molar-refractivity contribution in [1.29, 1.82) is 0 Å². The monoisotopic (exact) mass is 729 g/mol. The van der Waals surface area contributed by atoms with Crippen LogP contribution in [0.5, 0.6) is 0 Å². The average Bonchev–Trinajstić information content (AvgIpc) is 3.49. The van der Waals surface area contributed by atoms with E-state index in [9.17, 15) is 29.1 Å². The number of halogens is 2. The molecule has 2 aromatic carbocycles. The number of carboxylic acid groups (broad SMARTS) is 1. The van der Waals surface area contributed by atoms with Crippen LogP contribution < -0.4 is 16.0 Å². The second kappa shape index (κ2) is 23.6. The van der Waals surface area contributed by atoms with E-state index in [-0.39, 0.29) is 19.1 Å². The van der Waals surface area contributed by atoms with E-state index in [0.29, 0.717) is 20.7 Å². The Morgan fingerprint density at radius 3 is 2.15 bits per heavy atom. The molecular formula is C30H41Cl2N7O6S2. The molecule has 17 heteroatoms. The molecule has 3 amide bonds. The molecule has 3 aromatic rings. The molecule has 2 atom stereocenters. The SMILES string of the molecule is C.CC.CC.CC(NC(=O)CNC(=O)SCc1ccccc1)C(=O)NC(CC(=O)O)C(=O)Cn1nnc(Sc2c(Cl)cccc2Cl)n1. The van der Waals surface area contributed by atoms with E-state index < -0.39 is 53.9 Å². The summed E-state index contributed by atoms with van der Waals surface area (Å²) in [5, 5.41) is 28.6. The molecule has 47 heavy (non-hydrogen) atoms. The summed E-state index contributed by atoms with van der Waals surface area (Å²) in [6.45, 7) is 8.48. The van der Waals surface area contributed by atoms with Crippen molar-refractivity contribution in [1.82, 2.24) is 36.2 Å². The second-order valence-electron chi connectivity index (χ2n) is 8.59. The van der Waals surface area contributed by atoms with Crippen LogP contribution in [-0.4, -0.2) is 72.7 Å². The number of nitrogens with zero attached hydrogens (tertiary/aromatic N) is 4. The van der Waals surface area contributed by atoms with Crippen LogP contribution in [0.1, 0.15) is 54.0 Å². The van der Waals surface area contributed by atoms with Gasteiger partial charge in [0, 0.05) is 5.75 Å². The lowest BCUT2D eigenvalue weighted by molar-refractivity contribution is -0.140. The first kappa shape index (κ1) is 43.3. The highest BCUT2D eigenvalue weighted by atomic mass is 35.5. The highest BCUT2D eigenvalue weighted by Crippen LogP contribution is 2.36. The highest BCUT2D eigenvalue weighted by Gasteiger charge is 2.27. The highest BCUT2D eigenvalue weighted by molar-refractivity contribution is 8.12. The molecule has 2 unspecified atom stereocenters. The van der Waals surface area contributed by atoms with Crippen molar-refractivity contribution < 1.29 is 29.1 Å². The quantitative estimate of drug-likeness (QED) is 0.164. The summed E-state index contributed by atoms with van der Waals surface area (Å²) in [5.74, 6) is -3.08. The van der Waals surface area contributed by atoms with Crippen LogP contribution in [-0.2, 0) is 31.5 Å². The molecule has 0 fully saturated rings. The number of hydrogen-bond donors (Lipinski definition) is 4. The third-order valence-corrected chi connectivity index (χ3v) is 8.03. The summed E-state index contributed by atoms with van der Waals surface area (Å²) in [6.07, 6.45) is -0.717. The van der Waals surface area contributed by atoms with E-state index in [4.69, 9.17) is 23.2 Å². The van der Waals surface area contributed by atoms with Gasteiger partial charge in [-0.3, -0.25) is 24.0 Å². The van der Waals surface area contributed by atoms with Crippen LogP contribution in [0.4, 0.5) is 4.79 Å². The lowest BCUT2D eigenvalue weighted by Crippen LogP contribution is -2.52. The Hall–Kier alpha value is -3.66. The fourth-order valence-electron chi connectivity index (χ4n) is 3.26. The number of rotatable bonds is 14. The Morgan fingerprint density at radius 2 is 1.55 bits per heavy atom. The van der Waals surface area contributed by atoms with E-state index in [0.717, 1.165) is 33.9 Å². The summed E-state index contributed by atoms with van der Waals surface area (Å²) in [7, 11) is 0. The van der Waals surface area contributed by atoms with Gasteiger partial charge in [0.25, 0.3) is 5.24 Å². The summed E-state index contributed by atoms with van der Waals surface area (Å²) in [6, 6.07) is 11.7. The topological polar surface area (TPSA) is 185 Å². The number of carbonyl (C=O) groups excluding carboxylic acids is 4. The fraction of sp³-hybridized carbons (Fsp3) is 0.400. The predicted molar refractivity (Wildman–Crippen MR) is 186 cm³/mol. The van der Waals surface area contributed by atoms with E-state index >= 15 is 0 Å². The predicted octanol–water partition coefficient (Wildman–Crippen LogP) is 5.50. The first-order valence-electron chi connectivity index (χ1n) is 14.2. The molecule has 0 aliphatic carbocycles. The molecule has 4 N–H and O–H groups in total. The van der Waals surface area contributed by atoms with Crippen LogP contribution in [0.2, 0.25) is 10.0 Å². The fourth-order valence-corrected chi connectivity index (χ4v) is 5.28. The maximum Gasteiger partial charge on any atom is 0.305 e. The van der Waals surface area contributed by atoms with Crippen LogP contribution >= 0.6 is 46.7 Å². The van der Waals surface area contributed by atoms with Crippen LogP contribution in [0.15, 0.2) is 58.6 Å².